The van der Waals surface area contributed by atoms with E-state index in [1.54, 1.807) is 6.92 Å². The summed E-state index contributed by atoms with van der Waals surface area (Å²) in [6.07, 6.45) is 0. The third-order valence-electron chi connectivity index (χ3n) is 4.13. The van der Waals surface area contributed by atoms with E-state index in [0.717, 1.165) is 22.4 Å². The van der Waals surface area contributed by atoms with E-state index >= 15 is 0 Å². The van der Waals surface area contributed by atoms with E-state index < -0.39 is 5.25 Å². The molecule has 2 aromatic carbocycles. The number of rotatable bonds is 6. The molecule has 0 saturated heterocycles. The number of nitrogens with two attached hydrogens (primary N) is 1. The SMILES string of the molecule is CCOC(=O)C(Sc1nc(-c2ccccc2)cc(C)c1N)c1ccccc1. The molecular weight excluding hydrogens is 356 g/mol. The second-order valence-electron chi connectivity index (χ2n) is 6.07. The number of thioether (sulfide) groups is 1. The van der Waals surface area contributed by atoms with Gasteiger partial charge in [0.2, 0.25) is 0 Å². The van der Waals surface area contributed by atoms with Crippen LogP contribution in [0.15, 0.2) is 71.8 Å². The van der Waals surface area contributed by atoms with Crippen LogP contribution in [0.4, 0.5) is 5.69 Å². The standard InChI is InChI=1S/C22H22N2O2S/c1-3-26-22(25)20(17-12-8-5-9-13-17)27-21-19(23)15(2)14-18(24-21)16-10-6-4-7-11-16/h4-14,20H,3,23H2,1-2H3. The van der Waals surface area contributed by atoms with Gasteiger partial charge in [-0.3, -0.25) is 4.79 Å². The Morgan fingerprint density at radius 1 is 1.11 bits per heavy atom. The molecule has 1 unspecified atom stereocenters. The number of carbonyl (C=O) groups excluding carboxylic acids is 1. The van der Waals surface area contributed by atoms with Gasteiger partial charge < -0.3 is 10.5 Å². The molecule has 0 bridgehead atoms. The maximum Gasteiger partial charge on any atom is 0.324 e. The van der Waals surface area contributed by atoms with Crippen LogP contribution >= 0.6 is 11.8 Å². The van der Waals surface area contributed by atoms with Crippen LogP contribution in [0.1, 0.15) is 23.3 Å². The molecular formula is C22H22N2O2S. The van der Waals surface area contributed by atoms with Crippen molar-refractivity contribution in [2.75, 3.05) is 12.3 Å². The molecule has 4 nitrogen and oxygen atoms in total. The lowest BCUT2D eigenvalue weighted by Crippen LogP contribution is -2.14. The smallest absolute Gasteiger partial charge is 0.324 e. The second kappa shape index (κ2) is 8.73. The van der Waals surface area contributed by atoms with Crippen LogP contribution in [0.5, 0.6) is 0 Å². The highest BCUT2D eigenvalue weighted by molar-refractivity contribution is 8.00. The van der Waals surface area contributed by atoms with Gasteiger partial charge in [-0.25, -0.2) is 4.98 Å². The van der Waals surface area contributed by atoms with Crippen LogP contribution < -0.4 is 5.73 Å². The average molecular weight is 378 g/mol. The molecule has 0 spiro atoms. The molecule has 0 radical (unpaired) electrons. The molecule has 3 rings (SSSR count). The Hall–Kier alpha value is -2.79. The fourth-order valence-electron chi connectivity index (χ4n) is 2.71. The summed E-state index contributed by atoms with van der Waals surface area (Å²) in [4.78, 5) is 17.3. The van der Waals surface area contributed by atoms with Crippen LogP contribution in [-0.4, -0.2) is 17.6 Å². The third kappa shape index (κ3) is 4.49. The summed E-state index contributed by atoms with van der Waals surface area (Å²) >= 11 is 1.33. The van der Waals surface area contributed by atoms with E-state index in [2.05, 4.69) is 0 Å². The largest absolute Gasteiger partial charge is 0.465 e. The first-order chi connectivity index (χ1) is 13.1. The van der Waals surface area contributed by atoms with E-state index in [9.17, 15) is 4.79 Å². The molecule has 0 saturated carbocycles. The predicted molar refractivity (Wildman–Crippen MR) is 110 cm³/mol. The van der Waals surface area contributed by atoms with Crippen molar-refractivity contribution in [3.05, 3.63) is 77.9 Å². The van der Waals surface area contributed by atoms with Crippen LogP contribution in [-0.2, 0) is 9.53 Å². The maximum atomic E-state index is 12.6. The summed E-state index contributed by atoms with van der Waals surface area (Å²) in [6, 6.07) is 21.5. The lowest BCUT2D eigenvalue weighted by Gasteiger charge is -2.17. The van der Waals surface area contributed by atoms with Crippen LogP contribution in [0.25, 0.3) is 11.3 Å². The monoisotopic (exact) mass is 378 g/mol. The highest BCUT2D eigenvalue weighted by atomic mass is 32.2. The number of nitrogens with zero attached hydrogens (tertiary/aromatic N) is 1. The quantitative estimate of drug-likeness (QED) is 0.481. The molecule has 1 atom stereocenters. The summed E-state index contributed by atoms with van der Waals surface area (Å²) in [5.74, 6) is -0.294. The third-order valence-corrected chi connectivity index (χ3v) is 5.37. The molecule has 138 valence electrons. The maximum absolute atomic E-state index is 12.6. The Balaban J connectivity index is 2.00. The summed E-state index contributed by atoms with van der Waals surface area (Å²) in [6.45, 7) is 4.08. The number of anilines is 1. The van der Waals surface area contributed by atoms with Gasteiger partial charge in [0.15, 0.2) is 0 Å². The Bertz CT molecular complexity index is 914. The van der Waals surface area contributed by atoms with Crippen molar-refractivity contribution in [2.45, 2.75) is 24.1 Å². The van der Waals surface area contributed by atoms with E-state index in [0.29, 0.717) is 17.3 Å². The molecule has 1 heterocycles. The summed E-state index contributed by atoms with van der Waals surface area (Å²) in [5.41, 5.74) is 10.5. The molecule has 0 amide bonds. The number of pyridine rings is 1. The van der Waals surface area contributed by atoms with E-state index in [-0.39, 0.29) is 5.97 Å². The molecule has 27 heavy (non-hydrogen) atoms. The zero-order valence-corrected chi connectivity index (χ0v) is 16.2. The topological polar surface area (TPSA) is 65.2 Å². The molecule has 5 heteroatoms. The average Bonchev–Trinajstić information content (AvgIpc) is 2.70. The highest BCUT2D eigenvalue weighted by Crippen LogP contribution is 2.40. The van der Waals surface area contributed by atoms with Gasteiger partial charge in [0.1, 0.15) is 10.3 Å². The minimum atomic E-state index is -0.522. The molecule has 3 aromatic rings. The number of hydrogen-bond acceptors (Lipinski definition) is 5. The molecule has 0 aliphatic heterocycles. The van der Waals surface area contributed by atoms with Crippen molar-refractivity contribution in [3.8, 4) is 11.3 Å². The number of ether oxygens (including phenoxy) is 1. The normalized spacial score (nSPS) is 11.8. The zero-order valence-electron chi connectivity index (χ0n) is 15.4. The lowest BCUT2D eigenvalue weighted by atomic mass is 10.1. The summed E-state index contributed by atoms with van der Waals surface area (Å²) in [7, 11) is 0. The first-order valence-electron chi connectivity index (χ1n) is 8.81. The molecule has 1 aromatic heterocycles. The van der Waals surface area contributed by atoms with Gasteiger partial charge in [0, 0.05) is 5.56 Å². The van der Waals surface area contributed by atoms with Crippen molar-refractivity contribution < 1.29 is 9.53 Å². The molecule has 2 N–H and O–H groups in total. The fourth-order valence-corrected chi connectivity index (χ4v) is 3.83. The first kappa shape index (κ1) is 19.0. The number of hydrogen-bond donors (Lipinski definition) is 1. The Kier molecular flexibility index (Phi) is 6.14. The van der Waals surface area contributed by atoms with Gasteiger partial charge in [0.05, 0.1) is 18.0 Å². The highest BCUT2D eigenvalue weighted by Gasteiger charge is 2.25. The number of benzene rings is 2. The summed E-state index contributed by atoms with van der Waals surface area (Å²) in [5, 5.41) is 0.113. The molecule has 0 aliphatic rings. The van der Waals surface area contributed by atoms with Crippen molar-refractivity contribution in [1.29, 1.82) is 0 Å². The van der Waals surface area contributed by atoms with Crippen molar-refractivity contribution >= 4 is 23.4 Å². The number of aromatic nitrogens is 1. The minimum Gasteiger partial charge on any atom is -0.465 e. The van der Waals surface area contributed by atoms with Gasteiger partial charge in [-0.15, -0.1) is 0 Å². The van der Waals surface area contributed by atoms with Gasteiger partial charge in [-0.2, -0.15) is 0 Å². The van der Waals surface area contributed by atoms with Gasteiger partial charge >= 0.3 is 5.97 Å². The molecule has 0 fully saturated rings. The number of nitrogen functional groups attached to an aromatic ring is 1. The van der Waals surface area contributed by atoms with Crippen LogP contribution in [0.2, 0.25) is 0 Å². The fraction of sp³-hybridized carbons (Fsp3) is 0.182. The van der Waals surface area contributed by atoms with Crippen LogP contribution in [0, 0.1) is 6.92 Å². The van der Waals surface area contributed by atoms with Gasteiger partial charge in [-0.1, -0.05) is 72.4 Å². The van der Waals surface area contributed by atoms with Gasteiger partial charge in [0.25, 0.3) is 0 Å². The minimum absolute atomic E-state index is 0.294. The Morgan fingerprint density at radius 2 is 1.74 bits per heavy atom. The van der Waals surface area contributed by atoms with Crippen molar-refractivity contribution in [3.63, 3.8) is 0 Å². The van der Waals surface area contributed by atoms with Crippen molar-refractivity contribution in [2.24, 2.45) is 0 Å². The zero-order chi connectivity index (χ0) is 19.2. The van der Waals surface area contributed by atoms with Crippen LogP contribution in [0.3, 0.4) is 0 Å². The number of carbonyl (C=O) groups is 1. The predicted octanol–water partition coefficient (Wildman–Crippen LogP) is 5.04. The lowest BCUT2D eigenvalue weighted by molar-refractivity contribution is -0.142. The van der Waals surface area contributed by atoms with E-state index in [1.807, 2.05) is 73.7 Å². The Morgan fingerprint density at radius 3 is 2.37 bits per heavy atom. The molecule has 0 aliphatic carbocycles. The van der Waals surface area contributed by atoms with E-state index in [1.165, 1.54) is 11.8 Å². The Labute approximate surface area is 163 Å². The second-order valence-corrected chi connectivity index (χ2v) is 7.16. The number of esters is 1. The first-order valence-corrected chi connectivity index (χ1v) is 9.69. The van der Waals surface area contributed by atoms with E-state index in [4.69, 9.17) is 15.5 Å². The van der Waals surface area contributed by atoms with Gasteiger partial charge in [-0.05, 0) is 31.0 Å². The summed E-state index contributed by atoms with van der Waals surface area (Å²) < 4.78 is 5.29. The van der Waals surface area contributed by atoms with Crippen molar-refractivity contribution in [1.82, 2.24) is 4.98 Å². The number of aryl methyl sites for hydroxylation is 1.